The van der Waals surface area contributed by atoms with E-state index in [9.17, 15) is 5.11 Å². The summed E-state index contributed by atoms with van der Waals surface area (Å²) in [5, 5.41) is 16.6. The standard InChI is InChI=1S/C10H18BN2O2/c1-7-8(6-12-13-7)11-15-10(4,5)9(2,3)14/h6,14H,1-5H3,(H,12,13). The van der Waals surface area contributed by atoms with Gasteiger partial charge in [0.2, 0.25) is 0 Å². The van der Waals surface area contributed by atoms with Crippen LogP contribution in [-0.2, 0) is 4.65 Å². The first-order chi connectivity index (χ1) is 6.74. The maximum atomic E-state index is 9.87. The molecule has 0 spiro atoms. The molecule has 0 aliphatic rings. The van der Waals surface area contributed by atoms with Crippen LogP contribution in [0.3, 0.4) is 0 Å². The van der Waals surface area contributed by atoms with Gasteiger partial charge >= 0.3 is 7.48 Å². The number of rotatable bonds is 4. The Morgan fingerprint density at radius 3 is 2.40 bits per heavy atom. The molecule has 83 valence electrons. The van der Waals surface area contributed by atoms with Crippen LogP contribution in [0.25, 0.3) is 0 Å². The number of hydrogen-bond donors (Lipinski definition) is 2. The Morgan fingerprint density at radius 2 is 2.00 bits per heavy atom. The van der Waals surface area contributed by atoms with Gasteiger partial charge in [-0.1, -0.05) is 0 Å². The van der Waals surface area contributed by atoms with Gasteiger partial charge in [-0.15, -0.1) is 0 Å². The summed E-state index contributed by atoms with van der Waals surface area (Å²) in [6.45, 7) is 9.06. The van der Waals surface area contributed by atoms with E-state index in [-0.39, 0.29) is 0 Å². The number of nitrogens with zero attached hydrogens (tertiary/aromatic N) is 1. The zero-order chi connectivity index (χ0) is 11.7. The van der Waals surface area contributed by atoms with Crippen molar-refractivity contribution in [3.05, 3.63) is 11.9 Å². The van der Waals surface area contributed by atoms with E-state index in [1.54, 1.807) is 27.5 Å². The summed E-state index contributed by atoms with van der Waals surface area (Å²) in [5.74, 6) is 0. The lowest BCUT2D eigenvalue weighted by Gasteiger charge is -2.37. The highest BCUT2D eigenvalue weighted by atomic mass is 16.5. The van der Waals surface area contributed by atoms with Crippen LogP contribution in [0.2, 0.25) is 0 Å². The summed E-state index contributed by atoms with van der Waals surface area (Å²) in [7, 11) is 1.62. The van der Waals surface area contributed by atoms with Gasteiger partial charge in [0.15, 0.2) is 0 Å². The normalized spacial score (nSPS) is 12.9. The second-order valence-corrected chi connectivity index (χ2v) is 4.76. The van der Waals surface area contributed by atoms with Gasteiger partial charge in [0.25, 0.3) is 0 Å². The van der Waals surface area contributed by atoms with E-state index in [0.717, 1.165) is 11.2 Å². The highest BCUT2D eigenvalue weighted by Crippen LogP contribution is 2.24. The molecule has 0 atom stereocenters. The summed E-state index contributed by atoms with van der Waals surface area (Å²) in [5.41, 5.74) is 0.298. The molecule has 1 radical (unpaired) electrons. The summed E-state index contributed by atoms with van der Waals surface area (Å²) in [6.07, 6.45) is 1.69. The Bertz CT molecular complexity index is 328. The average molecular weight is 209 g/mol. The number of aromatic amines is 1. The zero-order valence-electron chi connectivity index (χ0n) is 9.96. The highest BCUT2D eigenvalue weighted by Gasteiger charge is 2.35. The van der Waals surface area contributed by atoms with Crippen molar-refractivity contribution < 1.29 is 9.76 Å². The van der Waals surface area contributed by atoms with Crippen molar-refractivity contribution >= 4 is 12.9 Å². The van der Waals surface area contributed by atoms with Gasteiger partial charge in [0.05, 0.1) is 11.2 Å². The predicted octanol–water partition coefficient (Wildman–Crippen LogP) is 0.529. The summed E-state index contributed by atoms with van der Waals surface area (Å²) < 4.78 is 5.58. The number of aryl methyl sites for hydroxylation is 1. The molecule has 15 heavy (non-hydrogen) atoms. The molecule has 0 aromatic carbocycles. The van der Waals surface area contributed by atoms with Gasteiger partial charge in [0, 0.05) is 11.9 Å². The van der Waals surface area contributed by atoms with Gasteiger partial charge in [-0.2, -0.15) is 5.10 Å². The number of hydrogen-bond acceptors (Lipinski definition) is 3. The maximum absolute atomic E-state index is 9.87. The molecular formula is C10H18BN2O2. The van der Waals surface area contributed by atoms with Crippen LogP contribution in [0.15, 0.2) is 6.20 Å². The van der Waals surface area contributed by atoms with Crippen molar-refractivity contribution in [2.75, 3.05) is 0 Å². The van der Waals surface area contributed by atoms with Crippen molar-refractivity contribution in [1.82, 2.24) is 10.2 Å². The molecule has 5 heteroatoms. The lowest BCUT2D eigenvalue weighted by Crippen LogP contribution is -2.49. The quantitative estimate of drug-likeness (QED) is 0.711. The molecule has 4 nitrogen and oxygen atoms in total. The minimum Gasteiger partial charge on any atom is -0.426 e. The van der Waals surface area contributed by atoms with Crippen LogP contribution in [0.1, 0.15) is 33.4 Å². The summed E-state index contributed by atoms with van der Waals surface area (Å²) in [6, 6.07) is 0. The fourth-order valence-electron chi connectivity index (χ4n) is 0.834. The fraction of sp³-hybridized carbons (Fsp3) is 0.700. The minimum absolute atomic E-state index is 0.642. The van der Waals surface area contributed by atoms with E-state index < -0.39 is 11.2 Å². The van der Waals surface area contributed by atoms with E-state index in [1.165, 1.54) is 0 Å². The number of nitrogens with one attached hydrogen (secondary N) is 1. The molecule has 0 amide bonds. The first kappa shape index (κ1) is 12.3. The highest BCUT2D eigenvalue weighted by molar-refractivity contribution is 6.47. The van der Waals surface area contributed by atoms with E-state index in [1.807, 2.05) is 20.8 Å². The van der Waals surface area contributed by atoms with E-state index in [2.05, 4.69) is 10.2 Å². The van der Waals surface area contributed by atoms with Gasteiger partial charge in [-0.3, -0.25) is 5.10 Å². The van der Waals surface area contributed by atoms with Gasteiger partial charge in [-0.05, 0) is 40.1 Å². The molecule has 0 fully saturated rings. The maximum Gasteiger partial charge on any atom is 0.334 e. The topological polar surface area (TPSA) is 58.1 Å². The van der Waals surface area contributed by atoms with Crippen LogP contribution >= 0.6 is 0 Å². The number of aromatic nitrogens is 2. The first-order valence-electron chi connectivity index (χ1n) is 4.97. The van der Waals surface area contributed by atoms with Crippen molar-refractivity contribution in [2.24, 2.45) is 0 Å². The lowest BCUT2D eigenvalue weighted by atomic mass is 9.83. The Morgan fingerprint density at radius 1 is 1.40 bits per heavy atom. The first-order valence-corrected chi connectivity index (χ1v) is 4.97. The SMILES string of the molecule is Cc1[nH]ncc1[B]OC(C)(C)C(C)(C)O. The smallest absolute Gasteiger partial charge is 0.334 e. The Hall–Kier alpha value is -0.805. The van der Waals surface area contributed by atoms with Crippen LogP contribution in [0.5, 0.6) is 0 Å². The zero-order valence-corrected chi connectivity index (χ0v) is 9.96. The van der Waals surface area contributed by atoms with Gasteiger partial charge in [-0.25, -0.2) is 0 Å². The molecule has 0 bridgehead atoms. The molecular weight excluding hydrogens is 191 g/mol. The second-order valence-electron chi connectivity index (χ2n) is 4.76. The third-order valence-electron chi connectivity index (χ3n) is 2.82. The van der Waals surface area contributed by atoms with Crippen LogP contribution in [0.4, 0.5) is 0 Å². The monoisotopic (exact) mass is 209 g/mol. The van der Waals surface area contributed by atoms with E-state index in [0.29, 0.717) is 0 Å². The minimum atomic E-state index is -0.902. The second kappa shape index (κ2) is 3.98. The van der Waals surface area contributed by atoms with Gasteiger partial charge in [0.1, 0.15) is 0 Å². The Balaban J connectivity index is 2.61. The molecule has 1 heterocycles. The summed E-state index contributed by atoms with van der Waals surface area (Å²) in [4.78, 5) is 0. The third kappa shape index (κ3) is 2.82. The molecule has 0 saturated heterocycles. The lowest BCUT2D eigenvalue weighted by molar-refractivity contribution is -0.0893. The molecule has 0 unspecified atom stereocenters. The summed E-state index contributed by atoms with van der Waals surface area (Å²) >= 11 is 0. The van der Waals surface area contributed by atoms with Crippen molar-refractivity contribution in [3.8, 4) is 0 Å². The number of aliphatic hydroxyl groups is 1. The molecule has 1 aromatic rings. The average Bonchev–Trinajstić information content (AvgIpc) is 2.46. The number of H-pyrrole nitrogens is 1. The predicted molar refractivity (Wildman–Crippen MR) is 60.2 cm³/mol. The Labute approximate surface area is 91.3 Å². The van der Waals surface area contributed by atoms with Crippen molar-refractivity contribution in [1.29, 1.82) is 0 Å². The molecule has 1 aromatic heterocycles. The molecule has 1 rings (SSSR count). The molecule has 2 N–H and O–H groups in total. The van der Waals surface area contributed by atoms with Crippen molar-refractivity contribution in [2.45, 2.75) is 45.8 Å². The largest absolute Gasteiger partial charge is 0.426 e. The molecule has 0 aliphatic carbocycles. The molecule has 0 saturated carbocycles. The third-order valence-corrected chi connectivity index (χ3v) is 2.82. The van der Waals surface area contributed by atoms with Crippen LogP contribution < -0.4 is 5.46 Å². The van der Waals surface area contributed by atoms with Crippen molar-refractivity contribution in [3.63, 3.8) is 0 Å². The Kier molecular flexibility index (Phi) is 3.26. The molecule has 0 aliphatic heterocycles. The van der Waals surface area contributed by atoms with E-state index in [4.69, 9.17) is 4.65 Å². The van der Waals surface area contributed by atoms with E-state index >= 15 is 0 Å². The fourth-order valence-corrected chi connectivity index (χ4v) is 0.834. The van der Waals surface area contributed by atoms with Crippen LogP contribution in [0, 0.1) is 6.92 Å². The van der Waals surface area contributed by atoms with Gasteiger partial charge < -0.3 is 9.76 Å². The van der Waals surface area contributed by atoms with Crippen LogP contribution in [-0.4, -0.2) is 34.0 Å².